The molecule has 0 aromatic carbocycles. The molecule has 0 unspecified atom stereocenters. The minimum atomic E-state index is 0.803. The van der Waals surface area contributed by atoms with Gasteiger partial charge in [0.2, 0.25) is 0 Å². The van der Waals surface area contributed by atoms with Gasteiger partial charge in [-0.1, -0.05) is 90.4 Å². The molecule has 5 heteroatoms. The van der Waals surface area contributed by atoms with Gasteiger partial charge in [0.15, 0.2) is 0 Å². The summed E-state index contributed by atoms with van der Waals surface area (Å²) in [7, 11) is 2.00. The van der Waals surface area contributed by atoms with Crippen molar-refractivity contribution < 1.29 is 4.58 Å². The van der Waals surface area contributed by atoms with Crippen molar-refractivity contribution in [2.24, 2.45) is 5.11 Å². The van der Waals surface area contributed by atoms with Crippen LogP contribution in [0.5, 0.6) is 0 Å². The maximum atomic E-state index is 8.64. The van der Waals surface area contributed by atoms with Gasteiger partial charge in [0.05, 0.1) is 26.7 Å². The zero-order chi connectivity index (χ0) is 18.2. The fourth-order valence-corrected chi connectivity index (χ4v) is 3.60. The van der Waals surface area contributed by atoms with Gasteiger partial charge in [-0.3, -0.25) is 9.48 Å². The average Bonchev–Trinajstić information content (AvgIpc) is 2.96. The molecule has 0 atom stereocenters. The lowest BCUT2D eigenvalue weighted by atomic mass is 10.0. The first-order chi connectivity index (χ1) is 12.3. The third-order valence-corrected chi connectivity index (χ3v) is 5.25. The summed E-state index contributed by atoms with van der Waals surface area (Å²) in [6.45, 7) is 5.26. The van der Waals surface area contributed by atoms with Crippen LogP contribution < -0.4 is 0 Å². The van der Waals surface area contributed by atoms with Crippen LogP contribution in [0.2, 0.25) is 0 Å². The Morgan fingerprint density at radius 1 is 0.880 bits per heavy atom. The highest BCUT2D eigenvalue weighted by Crippen LogP contribution is 2.13. The molecule has 0 aliphatic carbocycles. The van der Waals surface area contributed by atoms with E-state index in [-0.39, 0.29) is 0 Å². The molecular weight excluding hydrogens is 310 g/mol. The molecule has 0 spiro atoms. The summed E-state index contributed by atoms with van der Waals surface area (Å²) in [5.74, 6) is 0.803. The summed E-state index contributed by atoms with van der Waals surface area (Å²) in [6, 6.07) is 0. The summed E-state index contributed by atoms with van der Waals surface area (Å²) < 4.78 is 2.05. The Hall–Kier alpha value is -1.22. The first-order valence-electron chi connectivity index (χ1n) is 10.7. The smallest absolute Gasteiger partial charge is 0.282 e. The van der Waals surface area contributed by atoms with Gasteiger partial charge < -0.3 is 0 Å². The maximum absolute atomic E-state index is 8.64. The topological polar surface area (TPSA) is 55.0 Å². The van der Waals surface area contributed by atoms with Gasteiger partial charge >= 0.3 is 0 Å². The Bertz CT molecular complexity index is 412. The number of guanidine groups is 1. The molecule has 0 saturated heterocycles. The van der Waals surface area contributed by atoms with Gasteiger partial charge in [-0.05, 0) is 12.0 Å². The van der Waals surface area contributed by atoms with Crippen molar-refractivity contribution in [3.05, 3.63) is 10.4 Å². The second-order valence-electron chi connectivity index (χ2n) is 7.49. The average molecular weight is 351 g/mol. The van der Waals surface area contributed by atoms with Crippen LogP contribution in [0.15, 0.2) is 5.11 Å². The summed E-state index contributed by atoms with van der Waals surface area (Å²) in [6.07, 6.45) is 19.4. The summed E-state index contributed by atoms with van der Waals surface area (Å²) >= 11 is 0. The number of nitrogens with zero attached hydrogens (tertiary/aromatic N) is 5. The van der Waals surface area contributed by atoms with Gasteiger partial charge in [0.25, 0.3) is 5.96 Å². The highest BCUT2D eigenvalue weighted by Gasteiger charge is 2.23. The molecule has 0 saturated carbocycles. The zero-order valence-corrected chi connectivity index (χ0v) is 16.8. The predicted octanol–water partition coefficient (Wildman–Crippen LogP) is 6.09. The van der Waals surface area contributed by atoms with E-state index in [9.17, 15) is 0 Å². The monoisotopic (exact) mass is 350 g/mol. The van der Waals surface area contributed by atoms with Crippen LogP contribution in [0, 0.1) is 0 Å². The first-order valence-corrected chi connectivity index (χ1v) is 10.7. The van der Waals surface area contributed by atoms with Crippen molar-refractivity contribution >= 4 is 5.96 Å². The van der Waals surface area contributed by atoms with Crippen molar-refractivity contribution in [1.82, 2.24) is 4.90 Å². The Labute approximate surface area is 155 Å². The normalized spacial score (nSPS) is 14.2. The quantitative estimate of drug-likeness (QED) is 0.116. The number of hydrogen-bond acceptors (Lipinski definition) is 2. The van der Waals surface area contributed by atoms with Crippen LogP contribution in [0.3, 0.4) is 0 Å². The summed E-state index contributed by atoms with van der Waals surface area (Å²) in [5.41, 5.74) is 8.64. The molecule has 144 valence electrons. The molecule has 0 bridgehead atoms. The molecule has 0 amide bonds. The minimum Gasteiger partial charge on any atom is -0.290 e. The summed E-state index contributed by atoms with van der Waals surface area (Å²) in [4.78, 5) is 5.16. The molecule has 0 N–H and O–H groups in total. The van der Waals surface area contributed by atoms with Gasteiger partial charge in [-0.2, -0.15) is 0 Å². The molecule has 0 aromatic heterocycles. The third kappa shape index (κ3) is 10.4. The lowest BCUT2D eigenvalue weighted by molar-refractivity contribution is -0.487. The summed E-state index contributed by atoms with van der Waals surface area (Å²) in [5, 5.41) is 3.82. The van der Waals surface area contributed by atoms with Gasteiger partial charge in [0, 0.05) is 10.0 Å². The van der Waals surface area contributed by atoms with Crippen molar-refractivity contribution in [2.45, 2.75) is 96.8 Å². The molecule has 1 aliphatic heterocycles. The van der Waals surface area contributed by atoms with E-state index in [0.29, 0.717) is 0 Å². The lowest BCUT2D eigenvalue weighted by Gasteiger charge is -2.12. The fraction of sp³-hybridized carbons (Fsp3) is 0.950. The third-order valence-electron chi connectivity index (χ3n) is 5.25. The lowest BCUT2D eigenvalue weighted by Crippen LogP contribution is -2.28. The van der Waals surface area contributed by atoms with E-state index in [0.717, 1.165) is 25.6 Å². The number of unbranched alkanes of at least 4 members (excludes halogenated alkanes) is 13. The van der Waals surface area contributed by atoms with E-state index >= 15 is 0 Å². The van der Waals surface area contributed by atoms with Crippen molar-refractivity contribution in [1.29, 1.82) is 0 Å². The molecule has 25 heavy (non-hydrogen) atoms. The predicted molar refractivity (Wildman–Crippen MR) is 107 cm³/mol. The first kappa shape index (κ1) is 21.8. The minimum absolute atomic E-state index is 0.803. The number of rotatable bonds is 15. The van der Waals surface area contributed by atoms with Crippen LogP contribution in [0.1, 0.15) is 96.8 Å². The molecule has 1 aliphatic rings. The van der Waals surface area contributed by atoms with E-state index in [1.54, 1.807) is 0 Å². The molecule has 1 rings (SSSR count). The number of hydrogen-bond donors (Lipinski definition) is 0. The van der Waals surface area contributed by atoms with Crippen molar-refractivity contribution in [3.8, 4) is 0 Å². The van der Waals surface area contributed by atoms with Crippen LogP contribution >= 0.6 is 0 Å². The SMILES string of the molecule is CCCCCCCCCCCCCCCCN1CC[N+](C)=C1N=[N+]=[N-]. The van der Waals surface area contributed by atoms with Crippen LogP contribution in [-0.4, -0.2) is 42.1 Å². The second-order valence-corrected chi connectivity index (χ2v) is 7.49. The Morgan fingerprint density at radius 2 is 1.36 bits per heavy atom. The van der Waals surface area contributed by atoms with E-state index in [1.165, 1.54) is 89.9 Å². The van der Waals surface area contributed by atoms with Gasteiger partial charge in [-0.25, -0.2) is 0 Å². The van der Waals surface area contributed by atoms with Crippen LogP contribution in [0.25, 0.3) is 10.4 Å². The Morgan fingerprint density at radius 3 is 1.84 bits per heavy atom. The van der Waals surface area contributed by atoms with E-state index < -0.39 is 0 Å². The molecule has 0 fully saturated rings. The van der Waals surface area contributed by atoms with Crippen molar-refractivity contribution in [3.63, 3.8) is 0 Å². The Kier molecular flexibility index (Phi) is 13.2. The number of likely N-dealkylation sites (N-methyl/N-ethyl adjacent to an activating group) is 1. The Balaban J connectivity index is 1.86. The fourth-order valence-electron chi connectivity index (χ4n) is 3.60. The standard InChI is InChI=1S/C20H40N5/c1-3-4-5-6-7-8-9-10-11-12-13-14-15-16-17-25-19-18-24(2)20(25)22-23-21/h3-19H2,1-2H3/q+1. The highest BCUT2D eigenvalue weighted by atomic mass is 15.4. The van der Waals surface area contributed by atoms with Crippen molar-refractivity contribution in [2.75, 3.05) is 26.7 Å². The van der Waals surface area contributed by atoms with Gasteiger partial charge in [0.1, 0.15) is 0 Å². The van der Waals surface area contributed by atoms with Gasteiger partial charge in [-0.15, -0.1) is 0 Å². The molecule has 1 heterocycles. The number of azide groups is 1. The molecule has 0 radical (unpaired) electrons. The molecule has 5 nitrogen and oxygen atoms in total. The molecule has 0 aromatic rings. The largest absolute Gasteiger partial charge is 0.290 e. The van der Waals surface area contributed by atoms with Crippen LogP contribution in [0.4, 0.5) is 0 Å². The van der Waals surface area contributed by atoms with E-state index in [1.807, 2.05) is 11.6 Å². The second kappa shape index (κ2) is 15.1. The zero-order valence-electron chi connectivity index (χ0n) is 16.8. The maximum Gasteiger partial charge on any atom is 0.282 e. The van der Waals surface area contributed by atoms with Crippen LogP contribution in [-0.2, 0) is 0 Å². The highest BCUT2D eigenvalue weighted by molar-refractivity contribution is 5.76. The molecular formula is C20H40N5+. The van der Waals surface area contributed by atoms with E-state index in [2.05, 4.69) is 21.8 Å². The van der Waals surface area contributed by atoms with E-state index in [4.69, 9.17) is 5.53 Å².